The molecular weight excluding hydrogens is 451 g/mol. The molecule has 0 aliphatic carbocycles. The van der Waals surface area contributed by atoms with Crippen LogP contribution in [0.15, 0.2) is 24.4 Å². The second-order valence-corrected chi connectivity index (χ2v) is 8.48. The predicted octanol–water partition coefficient (Wildman–Crippen LogP) is 3.71. The third-order valence-electron chi connectivity index (χ3n) is 5.60. The monoisotopic (exact) mass is 473 g/mol. The molecule has 32 heavy (non-hydrogen) atoms. The van der Waals surface area contributed by atoms with E-state index in [1.807, 2.05) is 9.80 Å². The lowest BCUT2D eigenvalue weighted by molar-refractivity contribution is -0.153. The Morgan fingerprint density at radius 2 is 1.84 bits per heavy atom. The zero-order valence-corrected chi connectivity index (χ0v) is 17.9. The number of benzene rings is 1. The SMILES string of the molecule is O=C(N1CC[C@@H](COc2cc(Cl)cc(OCC(F)(F)F)c2)C1)N1CC[C@@H](c2cn[nH]n2)C1. The normalized spacial score (nSPS) is 21.2. The average molecular weight is 474 g/mol. The van der Waals surface area contributed by atoms with E-state index >= 15 is 0 Å². The summed E-state index contributed by atoms with van der Waals surface area (Å²) in [6.07, 6.45) is -1.11. The van der Waals surface area contributed by atoms with Crippen LogP contribution in [0.4, 0.5) is 18.0 Å². The number of H-pyrrole nitrogens is 1. The van der Waals surface area contributed by atoms with E-state index in [9.17, 15) is 18.0 Å². The number of rotatable bonds is 6. The van der Waals surface area contributed by atoms with Gasteiger partial charge in [0.25, 0.3) is 0 Å². The van der Waals surface area contributed by atoms with E-state index in [1.165, 1.54) is 18.2 Å². The summed E-state index contributed by atoms with van der Waals surface area (Å²) < 4.78 is 47.6. The van der Waals surface area contributed by atoms with Crippen LogP contribution in [0.1, 0.15) is 24.5 Å². The Labute approximate surface area is 187 Å². The molecule has 1 aromatic heterocycles. The molecule has 1 N–H and O–H groups in total. The minimum absolute atomic E-state index is 0.00378. The number of hydrogen-bond donors (Lipinski definition) is 1. The van der Waals surface area contributed by atoms with Crippen LogP contribution in [0, 0.1) is 5.92 Å². The van der Waals surface area contributed by atoms with Crippen molar-refractivity contribution in [1.29, 1.82) is 0 Å². The first kappa shape index (κ1) is 22.5. The molecule has 0 bridgehead atoms. The predicted molar refractivity (Wildman–Crippen MR) is 109 cm³/mol. The Morgan fingerprint density at radius 3 is 2.56 bits per heavy atom. The number of carbonyl (C=O) groups excluding carboxylic acids is 1. The first-order chi connectivity index (χ1) is 15.3. The van der Waals surface area contributed by atoms with Crippen LogP contribution < -0.4 is 9.47 Å². The van der Waals surface area contributed by atoms with E-state index in [0.29, 0.717) is 38.5 Å². The first-order valence-corrected chi connectivity index (χ1v) is 10.7. The summed E-state index contributed by atoms with van der Waals surface area (Å²) in [7, 11) is 0. The number of carbonyl (C=O) groups is 1. The van der Waals surface area contributed by atoms with E-state index in [-0.39, 0.29) is 28.6 Å². The van der Waals surface area contributed by atoms with Crippen molar-refractivity contribution in [1.82, 2.24) is 25.2 Å². The van der Waals surface area contributed by atoms with Gasteiger partial charge in [-0.2, -0.15) is 28.6 Å². The molecule has 2 aliphatic heterocycles. The third kappa shape index (κ3) is 5.76. The van der Waals surface area contributed by atoms with E-state index in [4.69, 9.17) is 21.1 Å². The highest BCUT2D eigenvalue weighted by molar-refractivity contribution is 6.30. The minimum atomic E-state index is -4.44. The standard InChI is InChI=1S/C20H23ClF3N5O3/c21-15-5-16(7-17(6-15)32-12-20(22,23)24)31-11-13-1-3-28(9-13)19(30)29-4-2-14(10-29)18-8-25-27-26-18/h5-8,13-14H,1-4,9-12H2,(H,25,26,27)/t13-,14-/m1/s1. The second-order valence-electron chi connectivity index (χ2n) is 8.05. The van der Waals surface area contributed by atoms with Crippen molar-refractivity contribution in [3.63, 3.8) is 0 Å². The van der Waals surface area contributed by atoms with Gasteiger partial charge in [-0.05, 0) is 25.0 Å². The minimum Gasteiger partial charge on any atom is -0.493 e. The lowest BCUT2D eigenvalue weighted by atomic mass is 10.1. The Morgan fingerprint density at radius 1 is 1.12 bits per heavy atom. The summed E-state index contributed by atoms with van der Waals surface area (Å²) >= 11 is 5.97. The fraction of sp³-hybridized carbons (Fsp3) is 0.550. The maximum atomic E-state index is 12.9. The van der Waals surface area contributed by atoms with Crippen molar-refractivity contribution in [2.24, 2.45) is 5.92 Å². The fourth-order valence-electron chi connectivity index (χ4n) is 4.01. The maximum absolute atomic E-state index is 12.9. The number of aromatic nitrogens is 3. The molecule has 2 atom stereocenters. The van der Waals surface area contributed by atoms with Crippen molar-refractivity contribution in [2.45, 2.75) is 24.9 Å². The number of urea groups is 1. The molecule has 3 heterocycles. The van der Waals surface area contributed by atoms with Crippen LogP contribution in [0.2, 0.25) is 5.02 Å². The molecule has 0 radical (unpaired) electrons. The molecule has 2 aliphatic rings. The van der Waals surface area contributed by atoms with Gasteiger partial charge < -0.3 is 19.3 Å². The molecule has 4 rings (SSSR count). The Kier molecular flexibility index (Phi) is 6.63. The molecule has 2 amide bonds. The summed E-state index contributed by atoms with van der Waals surface area (Å²) in [6, 6.07) is 4.21. The van der Waals surface area contributed by atoms with Crippen molar-refractivity contribution in [2.75, 3.05) is 39.4 Å². The van der Waals surface area contributed by atoms with Crippen LogP contribution in [0.5, 0.6) is 11.5 Å². The number of likely N-dealkylation sites (tertiary alicyclic amines) is 2. The zero-order valence-electron chi connectivity index (χ0n) is 17.1. The summed E-state index contributed by atoms with van der Waals surface area (Å²) in [5.41, 5.74) is 0.869. The lowest BCUT2D eigenvalue weighted by Gasteiger charge is -2.24. The fourth-order valence-corrected chi connectivity index (χ4v) is 4.22. The summed E-state index contributed by atoms with van der Waals surface area (Å²) in [4.78, 5) is 16.5. The number of alkyl halides is 3. The molecule has 2 saturated heterocycles. The Bertz CT molecular complexity index is 928. The number of ether oxygens (including phenoxy) is 2. The van der Waals surface area contributed by atoms with Crippen molar-refractivity contribution >= 4 is 17.6 Å². The number of hydrogen-bond acceptors (Lipinski definition) is 5. The molecule has 2 aromatic rings. The maximum Gasteiger partial charge on any atom is 0.422 e. The molecular formula is C20H23ClF3N5O3. The van der Waals surface area contributed by atoms with Crippen molar-refractivity contribution in [3.05, 3.63) is 35.1 Å². The quantitative estimate of drug-likeness (QED) is 0.691. The van der Waals surface area contributed by atoms with E-state index in [2.05, 4.69) is 15.4 Å². The zero-order chi connectivity index (χ0) is 22.7. The van der Waals surface area contributed by atoms with Crippen LogP contribution >= 0.6 is 11.6 Å². The van der Waals surface area contributed by atoms with Crippen LogP contribution in [-0.4, -0.2) is 76.8 Å². The van der Waals surface area contributed by atoms with Gasteiger partial charge in [0.05, 0.1) is 18.5 Å². The van der Waals surface area contributed by atoms with E-state index in [1.54, 1.807) is 6.20 Å². The number of amides is 2. The number of nitrogens with one attached hydrogen (secondary N) is 1. The summed E-state index contributed by atoms with van der Waals surface area (Å²) in [5, 5.41) is 10.8. The summed E-state index contributed by atoms with van der Waals surface area (Å²) in [5.74, 6) is 0.626. The lowest BCUT2D eigenvalue weighted by Crippen LogP contribution is -2.41. The smallest absolute Gasteiger partial charge is 0.422 e. The highest BCUT2D eigenvalue weighted by Crippen LogP contribution is 2.30. The highest BCUT2D eigenvalue weighted by Gasteiger charge is 2.34. The number of nitrogens with zero attached hydrogens (tertiary/aromatic N) is 4. The average Bonchev–Trinajstić information content (AvgIpc) is 3.50. The van der Waals surface area contributed by atoms with Gasteiger partial charge in [0.15, 0.2) is 6.61 Å². The molecule has 12 heteroatoms. The first-order valence-electron chi connectivity index (χ1n) is 10.3. The largest absolute Gasteiger partial charge is 0.493 e. The van der Waals surface area contributed by atoms with Gasteiger partial charge in [0, 0.05) is 49.1 Å². The molecule has 0 spiro atoms. The van der Waals surface area contributed by atoms with E-state index < -0.39 is 12.8 Å². The van der Waals surface area contributed by atoms with Crippen LogP contribution in [0.25, 0.3) is 0 Å². The molecule has 8 nitrogen and oxygen atoms in total. The Balaban J connectivity index is 1.26. The van der Waals surface area contributed by atoms with Gasteiger partial charge in [0.1, 0.15) is 11.5 Å². The van der Waals surface area contributed by atoms with Gasteiger partial charge >= 0.3 is 12.2 Å². The van der Waals surface area contributed by atoms with E-state index in [0.717, 1.165) is 18.5 Å². The van der Waals surface area contributed by atoms with Gasteiger partial charge in [-0.15, -0.1) is 0 Å². The summed E-state index contributed by atoms with van der Waals surface area (Å²) in [6.45, 7) is 1.41. The van der Waals surface area contributed by atoms with Crippen LogP contribution in [-0.2, 0) is 0 Å². The second kappa shape index (κ2) is 9.43. The topological polar surface area (TPSA) is 83.6 Å². The number of aromatic amines is 1. The van der Waals surface area contributed by atoms with Gasteiger partial charge in [-0.1, -0.05) is 11.6 Å². The molecule has 0 saturated carbocycles. The van der Waals surface area contributed by atoms with Gasteiger partial charge in [-0.25, -0.2) is 4.79 Å². The highest BCUT2D eigenvalue weighted by atomic mass is 35.5. The van der Waals surface area contributed by atoms with Gasteiger partial charge in [0.2, 0.25) is 0 Å². The third-order valence-corrected chi connectivity index (χ3v) is 5.82. The molecule has 0 unspecified atom stereocenters. The Hall–Kier alpha value is -2.69. The number of halogens is 4. The molecule has 1 aromatic carbocycles. The molecule has 2 fully saturated rings. The van der Waals surface area contributed by atoms with Crippen LogP contribution in [0.3, 0.4) is 0 Å². The van der Waals surface area contributed by atoms with Gasteiger partial charge in [-0.3, -0.25) is 0 Å². The van der Waals surface area contributed by atoms with Crippen molar-refractivity contribution < 1.29 is 27.4 Å². The molecule has 174 valence electrons. The van der Waals surface area contributed by atoms with Crippen molar-refractivity contribution in [3.8, 4) is 11.5 Å².